The van der Waals surface area contributed by atoms with Crippen LogP contribution in [0.25, 0.3) is 0 Å². The normalized spacial score (nSPS) is 13.0. The second kappa shape index (κ2) is 11.3. The van der Waals surface area contributed by atoms with E-state index in [9.17, 15) is 4.79 Å². The van der Waals surface area contributed by atoms with E-state index >= 15 is 0 Å². The van der Waals surface area contributed by atoms with Gasteiger partial charge in [-0.05, 0) is 31.9 Å². The second-order valence-electron chi connectivity index (χ2n) is 7.10. The zero-order chi connectivity index (χ0) is 20.3. The number of nitrogens with one attached hydrogen (secondary N) is 1. The van der Waals surface area contributed by atoms with Crippen molar-refractivity contribution in [3.8, 4) is 0 Å². The molecule has 0 spiro atoms. The molecule has 0 saturated heterocycles. The Morgan fingerprint density at radius 1 is 0.926 bits per heavy atom. The molecule has 0 aromatic heterocycles. The summed E-state index contributed by atoms with van der Waals surface area (Å²) in [5, 5.41) is 2.75. The molecule has 1 amide bonds. The summed E-state index contributed by atoms with van der Waals surface area (Å²) in [5.74, 6) is 0. The molecule has 0 saturated carbocycles. The monoisotopic (exact) mass is 372 g/mol. The molecule has 0 heterocycles. The molecule has 0 aliphatic rings. The van der Waals surface area contributed by atoms with Gasteiger partial charge in [-0.3, -0.25) is 0 Å². The molecule has 7 N–H and O–H groups in total. The molecule has 2 atom stereocenters. The minimum Gasteiger partial charge on any atom is -0.444 e. The lowest BCUT2D eigenvalue weighted by molar-refractivity contribution is 0.0505. The van der Waals surface area contributed by atoms with Crippen LogP contribution in [-0.4, -0.2) is 24.8 Å². The van der Waals surface area contributed by atoms with Crippen LogP contribution in [0.1, 0.15) is 44.0 Å². The summed E-state index contributed by atoms with van der Waals surface area (Å²) < 4.78 is 5.19. The van der Waals surface area contributed by atoms with Gasteiger partial charge in [-0.2, -0.15) is 0 Å². The first-order valence-electron chi connectivity index (χ1n) is 9.02. The van der Waals surface area contributed by atoms with E-state index in [2.05, 4.69) is 5.32 Å². The fourth-order valence-corrected chi connectivity index (χ4v) is 2.25. The molecule has 0 aliphatic carbocycles. The molecular weight excluding hydrogens is 340 g/mol. The highest BCUT2D eigenvalue weighted by Crippen LogP contribution is 2.13. The standard InChI is InChI=1S/C13H20N2O2.C8H12N2/c1-13(2,3)17-12(16)15-11(9-14)10-7-5-4-6-8-10;9-6-8(10)7-4-2-1-3-5-7/h4-8,11H,9,14H2,1-3H3,(H,15,16);1-5,8H,6,9-10H2. The maximum absolute atomic E-state index is 11.6. The zero-order valence-corrected chi connectivity index (χ0v) is 16.4. The van der Waals surface area contributed by atoms with Crippen molar-refractivity contribution < 1.29 is 9.53 Å². The van der Waals surface area contributed by atoms with Crippen molar-refractivity contribution in [2.45, 2.75) is 38.5 Å². The molecule has 0 aliphatic heterocycles. The maximum Gasteiger partial charge on any atom is 0.408 e. The Morgan fingerprint density at radius 2 is 1.41 bits per heavy atom. The highest BCUT2D eigenvalue weighted by atomic mass is 16.6. The number of carbonyl (C=O) groups is 1. The van der Waals surface area contributed by atoms with Crippen molar-refractivity contribution >= 4 is 6.09 Å². The number of hydrogen-bond donors (Lipinski definition) is 4. The van der Waals surface area contributed by atoms with Crippen molar-refractivity contribution in [1.29, 1.82) is 0 Å². The van der Waals surface area contributed by atoms with Gasteiger partial charge in [0.1, 0.15) is 5.60 Å². The Kier molecular flexibility index (Phi) is 9.50. The number of ether oxygens (including phenoxy) is 1. The summed E-state index contributed by atoms with van der Waals surface area (Å²) in [4.78, 5) is 11.6. The zero-order valence-electron chi connectivity index (χ0n) is 16.4. The van der Waals surface area contributed by atoms with E-state index in [-0.39, 0.29) is 12.1 Å². The van der Waals surface area contributed by atoms with Gasteiger partial charge in [0.2, 0.25) is 0 Å². The van der Waals surface area contributed by atoms with E-state index < -0.39 is 11.7 Å². The van der Waals surface area contributed by atoms with Crippen LogP contribution in [0.4, 0.5) is 4.79 Å². The quantitative estimate of drug-likeness (QED) is 0.644. The maximum atomic E-state index is 11.6. The topological polar surface area (TPSA) is 116 Å². The Balaban J connectivity index is 0.000000309. The van der Waals surface area contributed by atoms with Crippen LogP contribution in [0.5, 0.6) is 0 Å². The molecule has 148 valence electrons. The molecule has 6 heteroatoms. The van der Waals surface area contributed by atoms with Crippen molar-refractivity contribution in [2.75, 3.05) is 13.1 Å². The SMILES string of the molecule is CC(C)(C)OC(=O)NC(CN)c1ccccc1.NCC(N)c1ccccc1. The van der Waals surface area contributed by atoms with Crippen molar-refractivity contribution in [3.63, 3.8) is 0 Å². The highest BCUT2D eigenvalue weighted by Gasteiger charge is 2.19. The summed E-state index contributed by atoms with van der Waals surface area (Å²) in [7, 11) is 0. The lowest BCUT2D eigenvalue weighted by Crippen LogP contribution is -2.37. The van der Waals surface area contributed by atoms with Gasteiger partial charge >= 0.3 is 6.09 Å². The van der Waals surface area contributed by atoms with Crippen molar-refractivity contribution in [2.24, 2.45) is 17.2 Å². The largest absolute Gasteiger partial charge is 0.444 e. The third-order valence-electron chi connectivity index (χ3n) is 3.61. The minimum atomic E-state index is -0.500. The lowest BCUT2D eigenvalue weighted by Gasteiger charge is -2.23. The predicted octanol–water partition coefficient (Wildman–Crippen LogP) is 2.86. The lowest BCUT2D eigenvalue weighted by atomic mass is 10.1. The van der Waals surface area contributed by atoms with Crippen LogP contribution in [0.15, 0.2) is 60.7 Å². The van der Waals surface area contributed by atoms with Gasteiger partial charge in [0, 0.05) is 19.1 Å². The Bertz CT molecular complexity index is 657. The van der Waals surface area contributed by atoms with E-state index in [4.69, 9.17) is 21.9 Å². The molecule has 0 radical (unpaired) electrons. The summed E-state index contributed by atoms with van der Waals surface area (Å²) in [6, 6.07) is 19.2. The molecule has 2 aromatic carbocycles. The van der Waals surface area contributed by atoms with Crippen LogP contribution in [0.2, 0.25) is 0 Å². The van der Waals surface area contributed by atoms with Crippen LogP contribution in [0.3, 0.4) is 0 Å². The van der Waals surface area contributed by atoms with Gasteiger partial charge < -0.3 is 27.3 Å². The Hall–Kier alpha value is -2.41. The molecule has 2 rings (SSSR count). The smallest absolute Gasteiger partial charge is 0.408 e. The number of alkyl carbamates (subject to hydrolysis) is 1. The van der Waals surface area contributed by atoms with Gasteiger partial charge in [0.25, 0.3) is 0 Å². The average Bonchev–Trinajstić information content (AvgIpc) is 2.66. The van der Waals surface area contributed by atoms with E-state index in [0.717, 1.165) is 11.1 Å². The fourth-order valence-electron chi connectivity index (χ4n) is 2.25. The van der Waals surface area contributed by atoms with E-state index in [1.807, 2.05) is 81.4 Å². The number of rotatable bonds is 5. The van der Waals surface area contributed by atoms with Crippen LogP contribution in [0, 0.1) is 0 Å². The fraction of sp³-hybridized carbons (Fsp3) is 0.381. The average molecular weight is 373 g/mol. The molecule has 27 heavy (non-hydrogen) atoms. The number of hydrogen-bond acceptors (Lipinski definition) is 5. The first kappa shape index (κ1) is 22.6. The van der Waals surface area contributed by atoms with Gasteiger partial charge in [0.05, 0.1) is 6.04 Å². The number of nitrogens with two attached hydrogens (primary N) is 3. The Labute approximate surface area is 162 Å². The van der Waals surface area contributed by atoms with Gasteiger partial charge in [-0.15, -0.1) is 0 Å². The van der Waals surface area contributed by atoms with E-state index in [0.29, 0.717) is 13.1 Å². The van der Waals surface area contributed by atoms with Gasteiger partial charge in [0.15, 0.2) is 0 Å². The molecular formula is C21H32N4O2. The number of amides is 1. The summed E-state index contributed by atoms with van der Waals surface area (Å²) in [6.07, 6.45) is -0.447. The van der Waals surface area contributed by atoms with Gasteiger partial charge in [-0.1, -0.05) is 60.7 Å². The summed E-state index contributed by atoms with van der Waals surface area (Å²) in [5.41, 5.74) is 18.3. The molecule has 2 aromatic rings. The Morgan fingerprint density at radius 3 is 1.81 bits per heavy atom. The number of benzene rings is 2. The van der Waals surface area contributed by atoms with Crippen LogP contribution < -0.4 is 22.5 Å². The second-order valence-corrected chi connectivity index (χ2v) is 7.10. The van der Waals surface area contributed by atoms with E-state index in [1.54, 1.807) is 0 Å². The first-order valence-corrected chi connectivity index (χ1v) is 9.02. The summed E-state index contributed by atoms with van der Waals surface area (Å²) in [6.45, 7) is 6.32. The van der Waals surface area contributed by atoms with Crippen LogP contribution >= 0.6 is 0 Å². The first-order chi connectivity index (χ1) is 12.8. The third kappa shape index (κ3) is 9.19. The summed E-state index contributed by atoms with van der Waals surface area (Å²) >= 11 is 0. The molecule has 6 nitrogen and oxygen atoms in total. The van der Waals surface area contributed by atoms with Crippen molar-refractivity contribution in [1.82, 2.24) is 5.32 Å². The third-order valence-corrected chi connectivity index (χ3v) is 3.61. The number of carbonyl (C=O) groups excluding carboxylic acids is 1. The van der Waals surface area contributed by atoms with Gasteiger partial charge in [-0.25, -0.2) is 4.79 Å². The molecule has 2 unspecified atom stereocenters. The highest BCUT2D eigenvalue weighted by molar-refractivity contribution is 5.68. The van der Waals surface area contributed by atoms with E-state index in [1.165, 1.54) is 0 Å². The van der Waals surface area contributed by atoms with Crippen LogP contribution in [-0.2, 0) is 4.74 Å². The minimum absolute atomic E-state index is 0.0128. The predicted molar refractivity (Wildman–Crippen MR) is 110 cm³/mol. The molecule has 0 fully saturated rings. The molecule has 0 bridgehead atoms. The van der Waals surface area contributed by atoms with Crippen molar-refractivity contribution in [3.05, 3.63) is 71.8 Å².